The Labute approximate surface area is 101 Å². The van der Waals surface area contributed by atoms with Gasteiger partial charge >= 0.3 is 6.61 Å². The first kappa shape index (κ1) is 12.2. The van der Waals surface area contributed by atoms with Gasteiger partial charge in [0.1, 0.15) is 0 Å². The summed E-state index contributed by atoms with van der Waals surface area (Å²) < 4.78 is 29.6. The van der Waals surface area contributed by atoms with Crippen molar-refractivity contribution in [2.75, 3.05) is 0 Å². The van der Waals surface area contributed by atoms with E-state index in [-0.39, 0.29) is 0 Å². The van der Waals surface area contributed by atoms with Crippen molar-refractivity contribution >= 4 is 0 Å². The minimum absolute atomic E-state index is 0.395. The molecule has 0 atom stereocenters. The first-order valence-electron chi connectivity index (χ1n) is 5.17. The third kappa shape index (κ3) is 2.53. The first-order valence-corrected chi connectivity index (χ1v) is 5.17. The van der Waals surface area contributed by atoms with Gasteiger partial charge in [0.25, 0.3) is 5.56 Å². The number of hydrogen-bond donors (Lipinski definition) is 0. The highest BCUT2D eigenvalue weighted by molar-refractivity contribution is 5.32. The quantitative estimate of drug-likeness (QED) is 0.840. The highest BCUT2D eigenvalue weighted by atomic mass is 19.3. The van der Waals surface area contributed by atoms with Gasteiger partial charge in [-0.15, -0.1) is 0 Å². The van der Waals surface area contributed by atoms with Gasteiger partial charge in [0.05, 0.1) is 11.9 Å². The zero-order valence-electron chi connectivity index (χ0n) is 9.51. The second-order valence-corrected chi connectivity index (χ2v) is 3.58. The van der Waals surface area contributed by atoms with E-state index in [1.807, 2.05) is 6.92 Å². The number of aryl methyl sites for hydroxylation is 1. The molecular weight excluding hydrogens is 242 g/mol. The summed E-state index contributed by atoms with van der Waals surface area (Å²) in [5, 5.41) is 0. The Bertz CT molecular complexity index is 594. The van der Waals surface area contributed by atoms with Crippen molar-refractivity contribution in [3.05, 3.63) is 52.7 Å². The Kier molecular flexibility index (Phi) is 3.36. The van der Waals surface area contributed by atoms with Gasteiger partial charge in [-0.3, -0.25) is 14.3 Å². The highest BCUT2D eigenvalue weighted by Crippen LogP contribution is 2.10. The average molecular weight is 252 g/mol. The lowest BCUT2D eigenvalue weighted by molar-refractivity contribution is -0.0509. The van der Waals surface area contributed by atoms with E-state index in [1.54, 1.807) is 12.1 Å². The Morgan fingerprint density at radius 1 is 1.33 bits per heavy atom. The Morgan fingerprint density at radius 2 is 2.11 bits per heavy atom. The van der Waals surface area contributed by atoms with Gasteiger partial charge in [0.2, 0.25) is 0 Å². The number of hydrogen-bond acceptors (Lipinski definition) is 3. The van der Waals surface area contributed by atoms with Crippen molar-refractivity contribution in [3.8, 4) is 11.4 Å². The van der Waals surface area contributed by atoms with Crippen LogP contribution in [0.4, 0.5) is 8.78 Å². The molecule has 0 N–H and O–H groups in total. The zero-order valence-corrected chi connectivity index (χ0v) is 9.51. The second kappa shape index (κ2) is 4.95. The van der Waals surface area contributed by atoms with Crippen LogP contribution in [0, 0.1) is 6.92 Å². The molecule has 6 heteroatoms. The minimum atomic E-state index is -3.02. The number of ether oxygens (including phenoxy) is 1. The summed E-state index contributed by atoms with van der Waals surface area (Å²) in [6.07, 6.45) is 2.95. The topological polar surface area (TPSA) is 44.1 Å². The molecule has 0 radical (unpaired) electrons. The lowest BCUT2D eigenvalue weighted by Crippen LogP contribution is -2.21. The smallest absolute Gasteiger partial charge is 0.387 e. The monoisotopic (exact) mass is 252 g/mol. The van der Waals surface area contributed by atoms with Crippen LogP contribution in [0.15, 0.2) is 41.5 Å². The van der Waals surface area contributed by atoms with Crippen LogP contribution >= 0.6 is 0 Å². The fourth-order valence-electron chi connectivity index (χ4n) is 1.47. The molecule has 2 heterocycles. The third-order valence-corrected chi connectivity index (χ3v) is 2.30. The van der Waals surface area contributed by atoms with Gasteiger partial charge in [-0.25, -0.2) is 0 Å². The number of aromatic nitrogens is 2. The van der Waals surface area contributed by atoms with Gasteiger partial charge in [-0.1, -0.05) is 0 Å². The largest absolute Gasteiger partial charge is 0.429 e. The van der Waals surface area contributed by atoms with E-state index in [2.05, 4.69) is 9.72 Å². The maximum Gasteiger partial charge on any atom is 0.387 e. The van der Waals surface area contributed by atoms with Crippen LogP contribution in [0.25, 0.3) is 5.69 Å². The molecule has 0 saturated heterocycles. The number of pyridine rings is 2. The van der Waals surface area contributed by atoms with E-state index in [0.717, 1.165) is 5.69 Å². The molecule has 0 spiro atoms. The van der Waals surface area contributed by atoms with Gasteiger partial charge in [0.15, 0.2) is 5.75 Å². The molecule has 18 heavy (non-hydrogen) atoms. The molecule has 0 aromatic carbocycles. The van der Waals surface area contributed by atoms with Crippen molar-refractivity contribution in [1.29, 1.82) is 0 Å². The molecule has 2 aromatic heterocycles. The molecule has 0 aliphatic carbocycles. The number of alkyl halides is 2. The molecule has 0 fully saturated rings. The molecule has 0 bridgehead atoms. The van der Waals surface area contributed by atoms with Crippen molar-refractivity contribution in [1.82, 2.24) is 9.55 Å². The summed E-state index contributed by atoms with van der Waals surface area (Å²) in [6.45, 7) is -1.22. The molecular formula is C12H10F2N2O2. The zero-order chi connectivity index (χ0) is 13.1. The number of halogens is 2. The SMILES string of the molecule is Cc1ccc(-n2cccc(OC(F)F)c2=O)cn1. The van der Waals surface area contributed by atoms with Crippen LogP contribution in [0.3, 0.4) is 0 Å². The average Bonchev–Trinajstić information content (AvgIpc) is 2.33. The fraction of sp³-hybridized carbons (Fsp3) is 0.167. The van der Waals surface area contributed by atoms with Gasteiger partial charge in [0, 0.05) is 11.9 Å². The molecule has 0 unspecified atom stereocenters. The van der Waals surface area contributed by atoms with Crippen LogP contribution < -0.4 is 10.3 Å². The summed E-state index contributed by atoms with van der Waals surface area (Å²) in [6, 6.07) is 6.06. The van der Waals surface area contributed by atoms with E-state index >= 15 is 0 Å². The van der Waals surface area contributed by atoms with E-state index < -0.39 is 17.9 Å². The molecule has 2 aromatic rings. The predicted molar refractivity (Wildman–Crippen MR) is 61.2 cm³/mol. The minimum Gasteiger partial charge on any atom is -0.429 e. The van der Waals surface area contributed by atoms with Crippen molar-refractivity contribution in [2.24, 2.45) is 0 Å². The highest BCUT2D eigenvalue weighted by Gasteiger charge is 2.10. The van der Waals surface area contributed by atoms with Gasteiger partial charge in [-0.2, -0.15) is 8.78 Å². The van der Waals surface area contributed by atoms with Crippen LogP contribution in [-0.4, -0.2) is 16.2 Å². The van der Waals surface area contributed by atoms with Crippen molar-refractivity contribution in [2.45, 2.75) is 13.5 Å². The maximum absolute atomic E-state index is 12.1. The van der Waals surface area contributed by atoms with Gasteiger partial charge in [-0.05, 0) is 31.2 Å². The third-order valence-electron chi connectivity index (χ3n) is 2.30. The summed E-state index contributed by atoms with van der Waals surface area (Å²) in [4.78, 5) is 15.9. The molecule has 0 amide bonds. The summed E-state index contributed by atoms with van der Waals surface area (Å²) >= 11 is 0. The van der Waals surface area contributed by atoms with Gasteiger partial charge < -0.3 is 4.74 Å². The number of nitrogens with zero attached hydrogens (tertiary/aromatic N) is 2. The van der Waals surface area contributed by atoms with Crippen LogP contribution in [0.5, 0.6) is 5.75 Å². The second-order valence-electron chi connectivity index (χ2n) is 3.58. The standard InChI is InChI=1S/C12H10F2N2O2/c1-8-4-5-9(7-15-8)16-6-2-3-10(11(16)17)18-12(13)14/h2-7,12H,1H3. The van der Waals surface area contributed by atoms with E-state index in [1.165, 1.54) is 29.1 Å². The fourth-order valence-corrected chi connectivity index (χ4v) is 1.47. The normalized spacial score (nSPS) is 10.7. The first-order chi connectivity index (χ1) is 8.58. The summed E-state index contributed by atoms with van der Waals surface area (Å²) in [7, 11) is 0. The number of rotatable bonds is 3. The van der Waals surface area contributed by atoms with Crippen molar-refractivity contribution in [3.63, 3.8) is 0 Å². The predicted octanol–water partition coefficient (Wildman–Crippen LogP) is 2.14. The Morgan fingerprint density at radius 3 is 2.72 bits per heavy atom. The molecule has 0 saturated carbocycles. The molecule has 4 nitrogen and oxygen atoms in total. The molecule has 2 rings (SSSR count). The summed E-state index contributed by atoms with van der Waals surface area (Å²) in [5.41, 5.74) is 0.639. The lowest BCUT2D eigenvalue weighted by atomic mass is 10.3. The van der Waals surface area contributed by atoms with E-state index in [0.29, 0.717) is 5.69 Å². The molecule has 0 aliphatic rings. The van der Waals surface area contributed by atoms with Crippen molar-refractivity contribution < 1.29 is 13.5 Å². The Hall–Kier alpha value is -2.24. The van der Waals surface area contributed by atoms with Crippen LogP contribution in [0.2, 0.25) is 0 Å². The maximum atomic E-state index is 12.1. The van der Waals surface area contributed by atoms with Crippen LogP contribution in [-0.2, 0) is 0 Å². The van der Waals surface area contributed by atoms with E-state index in [9.17, 15) is 13.6 Å². The Balaban J connectivity index is 2.46. The van der Waals surface area contributed by atoms with Crippen LogP contribution in [0.1, 0.15) is 5.69 Å². The summed E-state index contributed by atoms with van der Waals surface area (Å²) in [5.74, 6) is -0.395. The lowest BCUT2D eigenvalue weighted by Gasteiger charge is -2.08. The van der Waals surface area contributed by atoms with E-state index in [4.69, 9.17) is 0 Å². The molecule has 0 aliphatic heterocycles. The molecule has 94 valence electrons.